The van der Waals surface area contributed by atoms with Gasteiger partial charge in [-0.25, -0.2) is 9.59 Å². The van der Waals surface area contributed by atoms with Crippen molar-refractivity contribution < 1.29 is 19.5 Å². The van der Waals surface area contributed by atoms with Crippen molar-refractivity contribution in [2.75, 3.05) is 6.54 Å². The molecule has 0 saturated carbocycles. The summed E-state index contributed by atoms with van der Waals surface area (Å²) in [5.74, 6) is -1.53. The third-order valence-corrected chi connectivity index (χ3v) is 2.99. The van der Waals surface area contributed by atoms with E-state index >= 15 is 0 Å². The quantitative estimate of drug-likeness (QED) is 0.719. The third-order valence-electron chi connectivity index (χ3n) is 2.99. The summed E-state index contributed by atoms with van der Waals surface area (Å²) < 4.78 is 0. The molecule has 0 bridgehead atoms. The zero-order valence-corrected chi connectivity index (χ0v) is 10.5. The van der Waals surface area contributed by atoms with E-state index in [-0.39, 0.29) is 6.04 Å². The lowest BCUT2D eigenvalue weighted by Gasteiger charge is -2.36. The summed E-state index contributed by atoms with van der Waals surface area (Å²) in [7, 11) is 0. The molecule has 2 N–H and O–H groups in total. The van der Waals surface area contributed by atoms with Crippen LogP contribution in [0.5, 0.6) is 0 Å². The Morgan fingerprint density at radius 2 is 1.89 bits per heavy atom. The Morgan fingerprint density at radius 1 is 1.22 bits per heavy atom. The van der Waals surface area contributed by atoms with Crippen molar-refractivity contribution in [1.82, 2.24) is 10.2 Å². The normalized spacial score (nSPS) is 24.0. The molecular formula is C12H18N2O4. The molecule has 2 atom stereocenters. The highest BCUT2D eigenvalue weighted by atomic mass is 16.4. The van der Waals surface area contributed by atoms with Gasteiger partial charge in [-0.05, 0) is 25.7 Å². The standard InChI is InChI=1S/C12H18N2O4/c1-8-3-4-9(2)14(7-8)12(18)13-10(15)5-6-11(16)17/h5-6,8-9H,3-4,7H2,1-2H3,(H,16,17)(H,13,15,18). The number of rotatable bonds is 2. The molecule has 100 valence electrons. The van der Waals surface area contributed by atoms with Crippen LogP contribution in [0.25, 0.3) is 0 Å². The molecule has 3 amide bonds. The van der Waals surface area contributed by atoms with Gasteiger partial charge >= 0.3 is 12.0 Å². The van der Waals surface area contributed by atoms with Crippen LogP contribution in [0.4, 0.5) is 4.79 Å². The van der Waals surface area contributed by atoms with E-state index < -0.39 is 17.9 Å². The van der Waals surface area contributed by atoms with Gasteiger partial charge in [0.25, 0.3) is 5.91 Å². The Morgan fingerprint density at radius 3 is 2.50 bits per heavy atom. The number of imide groups is 1. The van der Waals surface area contributed by atoms with Gasteiger partial charge in [0.15, 0.2) is 0 Å². The maximum Gasteiger partial charge on any atom is 0.328 e. The number of hydrogen-bond acceptors (Lipinski definition) is 3. The first-order valence-electron chi connectivity index (χ1n) is 5.92. The Bertz CT molecular complexity index is 378. The number of carbonyl (C=O) groups is 3. The van der Waals surface area contributed by atoms with Gasteiger partial charge in [0.2, 0.25) is 0 Å². The van der Waals surface area contributed by atoms with E-state index in [1.165, 1.54) is 0 Å². The van der Waals surface area contributed by atoms with Gasteiger partial charge in [-0.1, -0.05) is 6.92 Å². The van der Waals surface area contributed by atoms with Crippen molar-refractivity contribution in [2.45, 2.75) is 32.7 Å². The van der Waals surface area contributed by atoms with E-state index in [1.807, 2.05) is 6.92 Å². The van der Waals surface area contributed by atoms with Gasteiger partial charge in [-0.3, -0.25) is 10.1 Å². The second-order valence-corrected chi connectivity index (χ2v) is 4.65. The molecule has 6 heteroatoms. The van der Waals surface area contributed by atoms with Gasteiger partial charge in [0.1, 0.15) is 0 Å². The van der Waals surface area contributed by atoms with Crippen LogP contribution in [0.1, 0.15) is 26.7 Å². The predicted molar refractivity (Wildman–Crippen MR) is 64.9 cm³/mol. The number of nitrogens with one attached hydrogen (secondary N) is 1. The summed E-state index contributed by atoms with van der Waals surface area (Å²) in [5.41, 5.74) is 0. The number of carboxylic acid groups (broad SMARTS) is 1. The van der Waals surface area contributed by atoms with Crippen molar-refractivity contribution in [1.29, 1.82) is 0 Å². The molecule has 1 aliphatic rings. The number of aliphatic carboxylic acids is 1. The van der Waals surface area contributed by atoms with Crippen molar-refractivity contribution in [2.24, 2.45) is 5.92 Å². The van der Waals surface area contributed by atoms with Crippen LogP contribution in [0.2, 0.25) is 0 Å². The molecule has 1 aliphatic heterocycles. The predicted octanol–water partition coefficient (Wildman–Crippen LogP) is 0.984. The number of amides is 3. The molecule has 1 fully saturated rings. The summed E-state index contributed by atoms with van der Waals surface area (Å²) in [6.07, 6.45) is 3.51. The van der Waals surface area contributed by atoms with Crippen LogP contribution in [0.3, 0.4) is 0 Å². The highest BCUT2D eigenvalue weighted by Gasteiger charge is 2.27. The van der Waals surface area contributed by atoms with Crippen LogP contribution in [-0.4, -0.2) is 40.5 Å². The zero-order chi connectivity index (χ0) is 13.7. The molecule has 0 aromatic carbocycles. The fourth-order valence-corrected chi connectivity index (χ4v) is 1.94. The highest BCUT2D eigenvalue weighted by Crippen LogP contribution is 2.21. The third kappa shape index (κ3) is 4.20. The Hall–Kier alpha value is -1.85. The van der Waals surface area contributed by atoms with Crippen molar-refractivity contribution >= 4 is 17.9 Å². The van der Waals surface area contributed by atoms with Crippen LogP contribution >= 0.6 is 0 Å². The van der Waals surface area contributed by atoms with E-state index in [4.69, 9.17) is 5.11 Å². The summed E-state index contributed by atoms with van der Waals surface area (Å²) >= 11 is 0. The SMILES string of the molecule is CC1CCC(C)N(C(=O)NC(=O)C=CC(=O)O)C1. The summed E-state index contributed by atoms with van der Waals surface area (Å²) in [4.78, 5) is 34.9. The van der Waals surface area contributed by atoms with E-state index in [1.54, 1.807) is 4.90 Å². The smallest absolute Gasteiger partial charge is 0.328 e. The lowest BCUT2D eigenvalue weighted by molar-refractivity contribution is -0.131. The summed E-state index contributed by atoms with van der Waals surface area (Å²) in [5, 5.41) is 10.5. The molecule has 2 unspecified atom stereocenters. The van der Waals surface area contributed by atoms with Gasteiger partial charge in [0, 0.05) is 24.7 Å². The largest absolute Gasteiger partial charge is 0.478 e. The monoisotopic (exact) mass is 254 g/mol. The topological polar surface area (TPSA) is 86.7 Å². The minimum Gasteiger partial charge on any atom is -0.478 e. The van der Waals surface area contributed by atoms with E-state index in [0.29, 0.717) is 18.5 Å². The van der Waals surface area contributed by atoms with E-state index in [9.17, 15) is 14.4 Å². The molecular weight excluding hydrogens is 236 g/mol. The molecule has 6 nitrogen and oxygen atoms in total. The lowest BCUT2D eigenvalue weighted by Crippen LogP contribution is -2.50. The zero-order valence-electron chi connectivity index (χ0n) is 10.5. The second-order valence-electron chi connectivity index (χ2n) is 4.65. The van der Waals surface area contributed by atoms with Gasteiger partial charge < -0.3 is 10.0 Å². The Labute approximate surface area is 106 Å². The fraction of sp³-hybridized carbons (Fsp3) is 0.583. The van der Waals surface area contributed by atoms with Crippen LogP contribution < -0.4 is 5.32 Å². The van der Waals surface area contributed by atoms with Crippen molar-refractivity contribution in [3.05, 3.63) is 12.2 Å². The maximum atomic E-state index is 11.8. The van der Waals surface area contributed by atoms with Crippen LogP contribution in [-0.2, 0) is 9.59 Å². The number of likely N-dealkylation sites (tertiary alicyclic amines) is 1. The number of nitrogens with zero attached hydrogens (tertiary/aromatic N) is 1. The average molecular weight is 254 g/mol. The Kier molecular flexibility index (Phi) is 4.88. The summed E-state index contributed by atoms with van der Waals surface area (Å²) in [6.45, 7) is 4.60. The Balaban J connectivity index is 2.53. The van der Waals surface area contributed by atoms with Crippen molar-refractivity contribution in [3.63, 3.8) is 0 Å². The van der Waals surface area contributed by atoms with Crippen LogP contribution in [0, 0.1) is 5.92 Å². The average Bonchev–Trinajstić information content (AvgIpc) is 2.29. The molecule has 1 heterocycles. The molecule has 0 aromatic heterocycles. The first-order valence-corrected chi connectivity index (χ1v) is 5.92. The molecule has 0 aromatic rings. The second kappa shape index (κ2) is 6.18. The fourth-order valence-electron chi connectivity index (χ4n) is 1.94. The molecule has 0 spiro atoms. The van der Waals surface area contributed by atoms with Gasteiger partial charge in [-0.15, -0.1) is 0 Å². The molecule has 1 saturated heterocycles. The number of piperidine rings is 1. The number of carboxylic acids is 1. The van der Waals surface area contributed by atoms with Gasteiger partial charge in [0.05, 0.1) is 0 Å². The number of urea groups is 1. The van der Waals surface area contributed by atoms with Gasteiger partial charge in [-0.2, -0.15) is 0 Å². The molecule has 18 heavy (non-hydrogen) atoms. The molecule has 1 rings (SSSR count). The van der Waals surface area contributed by atoms with Crippen molar-refractivity contribution in [3.8, 4) is 0 Å². The lowest BCUT2D eigenvalue weighted by atomic mass is 9.95. The molecule has 0 radical (unpaired) electrons. The minimum atomic E-state index is -1.22. The number of carbonyl (C=O) groups excluding carboxylic acids is 2. The molecule has 0 aliphatic carbocycles. The maximum absolute atomic E-state index is 11.8. The highest BCUT2D eigenvalue weighted by molar-refractivity contribution is 6.02. The first-order chi connectivity index (χ1) is 8.40. The van der Waals surface area contributed by atoms with E-state index in [2.05, 4.69) is 12.2 Å². The number of hydrogen-bond donors (Lipinski definition) is 2. The van der Waals surface area contributed by atoms with Crippen LogP contribution in [0.15, 0.2) is 12.2 Å². The first kappa shape index (κ1) is 14.2. The van der Waals surface area contributed by atoms with E-state index in [0.717, 1.165) is 18.9 Å². The summed E-state index contributed by atoms with van der Waals surface area (Å²) in [6, 6.07) is -0.369. The minimum absolute atomic E-state index is 0.0949.